The second-order valence-corrected chi connectivity index (χ2v) is 3.49. The van der Waals surface area contributed by atoms with Crippen LogP contribution in [0.5, 0.6) is 0 Å². The van der Waals surface area contributed by atoms with Gasteiger partial charge in [-0.15, -0.1) is 0 Å². The number of halogens is 1. The minimum atomic E-state index is -0.149. The fourth-order valence-electron chi connectivity index (χ4n) is 1.42. The van der Waals surface area contributed by atoms with Crippen molar-refractivity contribution in [1.82, 2.24) is 10.2 Å². The quantitative estimate of drug-likeness (QED) is 0.714. The standard InChI is InChI=1S/C10H11FN2/c1-6(2)8-4-10-7(3-9(8)11)5-12-13-10/h3-6H,1-2H3,(H,12,13). The third kappa shape index (κ3) is 1.30. The summed E-state index contributed by atoms with van der Waals surface area (Å²) in [6.45, 7) is 3.95. The molecule has 2 nitrogen and oxygen atoms in total. The highest BCUT2D eigenvalue weighted by atomic mass is 19.1. The number of hydrogen-bond donors (Lipinski definition) is 1. The van der Waals surface area contributed by atoms with Crippen LogP contribution in [0.1, 0.15) is 25.3 Å². The zero-order chi connectivity index (χ0) is 9.42. The van der Waals surface area contributed by atoms with Crippen LogP contribution in [0.15, 0.2) is 18.3 Å². The van der Waals surface area contributed by atoms with Crippen LogP contribution in [-0.2, 0) is 0 Å². The van der Waals surface area contributed by atoms with E-state index in [4.69, 9.17) is 0 Å². The number of rotatable bonds is 1. The average molecular weight is 178 g/mol. The molecule has 0 spiro atoms. The van der Waals surface area contributed by atoms with Crippen molar-refractivity contribution in [3.8, 4) is 0 Å². The summed E-state index contributed by atoms with van der Waals surface area (Å²) >= 11 is 0. The van der Waals surface area contributed by atoms with Gasteiger partial charge in [0, 0.05) is 5.39 Å². The lowest BCUT2D eigenvalue weighted by Gasteiger charge is -2.06. The van der Waals surface area contributed by atoms with Gasteiger partial charge in [0.1, 0.15) is 5.82 Å². The summed E-state index contributed by atoms with van der Waals surface area (Å²) in [6.07, 6.45) is 1.63. The van der Waals surface area contributed by atoms with Gasteiger partial charge in [0.15, 0.2) is 0 Å². The highest BCUT2D eigenvalue weighted by Gasteiger charge is 2.08. The summed E-state index contributed by atoms with van der Waals surface area (Å²) in [5.74, 6) is 0.0524. The van der Waals surface area contributed by atoms with E-state index >= 15 is 0 Å². The minimum Gasteiger partial charge on any atom is -0.278 e. The van der Waals surface area contributed by atoms with Gasteiger partial charge in [-0.2, -0.15) is 5.10 Å². The van der Waals surface area contributed by atoms with E-state index in [9.17, 15) is 4.39 Å². The molecule has 1 N–H and O–H groups in total. The van der Waals surface area contributed by atoms with Crippen LogP contribution in [0.2, 0.25) is 0 Å². The normalized spacial score (nSPS) is 11.4. The molecule has 0 atom stereocenters. The molecule has 0 radical (unpaired) electrons. The predicted molar refractivity (Wildman–Crippen MR) is 50.1 cm³/mol. The van der Waals surface area contributed by atoms with Crippen LogP contribution in [0.25, 0.3) is 10.9 Å². The van der Waals surface area contributed by atoms with Crippen molar-refractivity contribution in [3.63, 3.8) is 0 Å². The Morgan fingerprint density at radius 2 is 2.15 bits per heavy atom. The van der Waals surface area contributed by atoms with E-state index in [1.54, 1.807) is 6.20 Å². The molecule has 0 bridgehead atoms. The minimum absolute atomic E-state index is 0.149. The topological polar surface area (TPSA) is 28.7 Å². The van der Waals surface area contributed by atoms with Gasteiger partial charge in [-0.25, -0.2) is 4.39 Å². The molecule has 2 aromatic rings. The number of nitrogens with one attached hydrogen (secondary N) is 1. The molecule has 0 aliphatic carbocycles. The fraction of sp³-hybridized carbons (Fsp3) is 0.300. The Hall–Kier alpha value is -1.38. The number of fused-ring (bicyclic) bond motifs is 1. The summed E-state index contributed by atoms with van der Waals surface area (Å²) < 4.78 is 13.4. The third-order valence-corrected chi connectivity index (χ3v) is 2.18. The average Bonchev–Trinajstić information content (AvgIpc) is 2.48. The van der Waals surface area contributed by atoms with Gasteiger partial charge in [-0.05, 0) is 23.6 Å². The lowest BCUT2D eigenvalue weighted by molar-refractivity contribution is 0.600. The van der Waals surface area contributed by atoms with Crippen LogP contribution >= 0.6 is 0 Å². The van der Waals surface area contributed by atoms with E-state index < -0.39 is 0 Å². The summed E-state index contributed by atoms with van der Waals surface area (Å²) in [4.78, 5) is 0. The lowest BCUT2D eigenvalue weighted by atomic mass is 10.0. The van der Waals surface area contributed by atoms with Crippen LogP contribution in [0.3, 0.4) is 0 Å². The zero-order valence-corrected chi connectivity index (χ0v) is 7.63. The molecule has 3 heteroatoms. The molecule has 0 saturated carbocycles. The van der Waals surface area contributed by atoms with E-state index in [1.165, 1.54) is 6.07 Å². The molecule has 13 heavy (non-hydrogen) atoms. The number of aromatic nitrogens is 2. The molecule has 1 heterocycles. The van der Waals surface area contributed by atoms with Crippen molar-refractivity contribution in [2.75, 3.05) is 0 Å². The number of H-pyrrole nitrogens is 1. The van der Waals surface area contributed by atoms with Crippen molar-refractivity contribution in [2.24, 2.45) is 0 Å². The molecule has 1 aromatic carbocycles. The second kappa shape index (κ2) is 2.83. The van der Waals surface area contributed by atoms with E-state index in [0.29, 0.717) is 0 Å². The van der Waals surface area contributed by atoms with Gasteiger partial charge in [-0.1, -0.05) is 13.8 Å². The molecular formula is C10H11FN2. The first-order chi connectivity index (χ1) is 6.18. The molecule has 68 valence electrons. The number of hydrogen-bond acceptors (Lipinski definition) is 1. The van der Waals surface area contributed by atoms with E-state index in [1.807, 2.05) is 19.9 Å². The number of benzene rings is 1. The summed E-state index contributed by atoms with van der Waals surface area (Å²) in [7, 11) is 0. The van der Waals surface area contributed by atoms with Crippen LogP contribution in [-0.4, -0.2) is 10.2 Å². The maximum Gasteiger partial charge on any atom is 0.127 e. The monoisotopic (exact) mass is 178 g/mol. The predicted octanol–water partition coefficient (Wildman–Crippen LogP) is 2.83. The highest BCUT2D eigenvalue weighted by molar-refractivity contribution is 5.78. The van der Waals surface area contributed by atoms with Crippen LogP contribution in [0.4, 0.5) is 4.39 Å². The molecule has 0 aliphatic heterocycles. The van der Waals surface area contributed by atoms with Crippen LogP contribution in [0, 0.1) is 5.82 Å². The first-order valence-electron chi connectivity index (χ1n) is 4.31. The Bertz CT molecular complexity index is 431. The number of nitrogens with zero attached hydrogens (tertiary/aromatic N) is 1. The molecule has 0 amide bonds. The van der Waals surface area contributed by atoms with Crippen molar-refractivity contribution >= 4 is 10.9 Å². The Kier molecular flexibility index (Phi) is 1.79. The molecule has 0 unspecified atom stereocenters. The summed E-state index contributed by atoms with van der Waals surface area (Å²) in [5, 5.41) is 7.50. The summed E-state index contributed by atoms with van der Waals surface area (Å²) in [6, 6.07) is 3.34. The highest BCUT2D eigenvalue weighted by Crippen LogP contribution is 2.23. The SMILES string of the molecule is CC(C)c1cc2[nH]ncc2cc1F. The molecule has 0 fully saturated rings. The van der Waals surface area contributed by atoms with E-state index in [2.05, 4.69) is 10.2 Å². The molecule has 0 aliphatic rings. The first kappa shape index (κ1) is 8.23. The van der Waals surface area contributed by atoms with Crippen molar-refractivity contribution in [3.05, 3.63) is 29.7 Å². The van der Waals surface area contributed by atoms with Gasteiger partial charge in [-0.3, -0.25) is 5.10 Å². The van der Waals surface area contributed by atoms with Gasteiger partial charge in [0.05, 0.1) is 11.7 Å². The first-order valence-corrected chi connectivity index (χ1v) is 4.31. The molecule has 1 aromatic heterocycles. The molecule has 2 rings (SSSR count). The Labute approximate surface area is 75.8 Å². The number of aromatic amines is 1. The second-order valence-electron chi connectivity index (χ2n) is 3.49. The zero-order valence-electron chi connectivity index (χ0n) is 7.63. The Morgan fingerprint density at radius 3 is 2.85 bits per heavy atom. The lowest BCUT2D eigenvalue weighted by Crippen LogP contribution is -1.92. The van der Waals surface area contributed by atoms with Crippen LogP contribution < -0.4 is 0 Å². The maximum absolute atomic E-state index is 13.4. The largest absolute Gasteiger partial charge is 0.278 e. The summed E-state index contributed by atoms with van der Waals surface area (Å²) in [5.41, 5.74) is 1.63. The van der Waals surface area contributed by atoms with Crippen molar-refractivity contribution in [2.45, 2.75) is 19.8 Å². The van der Waals surface area contributed by atoms with Gasteiger partial charge >= 0.3 is 0 Å². The Balaban J connectivity index is 2.69. The molecular weight excluding hydrogens is 167 g/mol. The van der Waals surface area contributed by atoms with Gasteiger partial charge in [0.2, 0.25) is 0 Å². The third-order valence-electron chi connectivity index (χ3n) is 2.18. The smallest absolute Gasteiger partial charge is 0.127 e. The van der Waals surface area contributed by atoms with Gasteiger partial charge < -0.3 is 0 Å². The van der Waals surface area contributed by atoms with E-state index in [-0.39, 0.29) is 11.7 Å². The fourth-order valence-corrected chi connectivity index (χ4v) is 1.42. The van der Waals surface area contributed by atoms with Gasteiger partial charge in [0.25, 0.3) is 0 Å². The van der Waals surface area contributed by atoms with Crippen molar-refractivity contribution < 1.29 is 4.39 Å². The maximum atomic E-state index is 13.4. The van der Waals surface area contributed by atoms with Crippen molar-refractivity contribution in [1.29, 1.82) is 0 Å². The molecule has 0 saturated heterocycles. The van der Waals surface area contributed by atoms with E-state index in [0.717, 1.165) is 16.5 Å². The Morgan fingerprint density at radius 1 is 1.38 bits per heavy atom.